The number of benzene rings is 3. The van der Waals surface area contributed by atoms with Crippen molar-refractivity contribution >= 4 is 50.9 Å². The number of nitriles is 1. The molecule has 1 amide bonds. The number of carbonyl (C=O) groups excluding carboxylic acids is 1. The zero-order valence-corrected chi connectivity index (χ0v) is 29.4. The first kappa shape index (κ1) is 32.7. The van der Waals surface area contributed by atoms with Crippen LogP contribution < -0.4 is 10.1 Å². The number of nitrogens with zero attached hydrogens (tertiary/aromatic N) is 4. The molecule has 11 heteroatoms. The molecule has 7 nitrogen and oxygen atoms in total. The minimum absolute atomic E-state index is 0.00852. The molecule has 2 bridgehead atoms. The Labute approximate surface area is 304 Å². The molecule has 2 saturated carbocycles. The van der Waals surface area contributed by atoms with Crippen molar-refractivity contribution in [1.29, 1.82) is 5.26 Å². The van der Waals surface area contributed by atoms with E-state index in [2.05, 4.69) is 22.0 Å². The maximum Gasteiger partial charge on any atom is 0.226 e. The first-order valence-electron chi connectivity index (χ1n) is 17.7. The Hall–Kier alpha value is -4.23. The number of aromatic nitrogens is 2. The standard InChI is InChI=1S/C40H35Cl2F2N5O2/c1-20-28-17-33(32-16-26(19-48(32)40(50)21-7-8-21)51-25-11-9-24(43)10-12-25)49(38-23-15-31(38)46-18-23)39(28)29-14-22(4-3-13-45)34(36(44)37(29)47-20)27-5-2-6-30(41)35(27)42/h2,5-6,9-12,14,17,21,23,26,31-32,38,46H,3-4,7-8,15-16,18-19H2,1H3/t23-,26+,31-,32-,38+/m1/s1. The van der Waals surface area contributed by atoms with Crippen LogP contribution in [0.25, 0.3) is 32.9 Å². The second-order valence-electron chi connectivity index (χ2n) is 14.5. The van der Waals surface area contributed by atoms with Gasteiger partial charge in [-0.2, -0.15) is 5.26 Å². The Balaban J connectivity index is 1.26. The molecule has 3 aromatic carbocycles. The number of halogens is 4. The minimum Gasteiger partial charge on any atom is -0.488 e. The van der Waals surface area contributed by atoms with E-state index in [1.165, 1.54) is 12.1 Å². The van der Waals surface area contributed by atoms with Gasteiger partial charge in [0.15, 0.2) is 5.82 Å². The smallest absolute Gasteiger partial charge is 0.226 e. The zero-order chi connectivity index (χ0) is 35.1. The van der Waals surface area contributed by atoms with Crippen LogP contribution in [0.5, 0.6) is 5.75 Å². The van der Waals surface area contributed by atoms with E-state index in [4.69, 9.17) is 32.9 Å². The summed E-state index contributed by atoms with van der Waals surface area (Å²) >= 11 is 13.1. The molecule has 10 rings (SSSR count). The van der Waals surface area contributed by atoms with E-state index >= 15 is 4.39 Å². The molecule has 5 aromatic rings. The fraction of sp³-hybridized carbons (Fsp3) is 0.375. The van der Waals surface area contributed by atoms with Crippen LogP contribution in [0.3, 0.4) is 0 Å². The molecular formula is C40H35Cl2F2N5O2. The van der Waals surface area contributed by atoms with E-state index in [1.54, 1.807) is 30.3 Å². The van der Waals surface area contributed by atoms with Crippen LogP contribution in [0.1, 0.15) is 61.1 Å². The molecule has 3 saturated heterocycles. The van der Waals surface area contributed by atoms with Gasteiger partial charge in [0.1, 0.15) is 23.2 Å². The predicted molar refractivity (Wildman–Crippen MR) is 193 cm³/mol. The van der Waals surface area contributed by atoms with Gasteiger partial charge in [0, 0.05) is 64.6 Å². The Morgan fingerprint density at radius 2 is 1.90 bits per heavy atom. The third-order valence-electron chi connectivity index (χ3n) is 11.4. The first-order valence-corrected chi connectivity index (χ1v) is 18.4. The van der Waals surface area contributed by atoms with Crippen molar-refractivity contribution in [3.63, 3.8) is 0 Å². The molecule has 5 fully saturated rings. The van der Waals surface area contributed by atoms with Crippen molar-refractivity contribution in [3.05, 3.63) is 93.2 Å². The van der Waals surface area contributed by atoms with E-state index in [-0.39, 0.29) is 58.8 Å². The number of nitrogens with one attached hydrogen (secondary N) is 1. The number of ether oxygens (including phenoxy) is 1. The molecule has 51 heavy (non-hydrogen) atoms. The highest BCUT2D eigenvalue weighted by atomic mass is 35.5. The van der Waals surface area contributed by atoms with Gasteiger partial charge in [-0.15, -0.1) is 0 Å². The molecule has 0 unspecified atom stereocenters. The number of likely N-dealkylation sites (tertiary alicyclic amines) is 1. The van der Waals surface area contributed by atoms with Crippen LogP contribution in [0.2, 0.25) is 10.0 Å². The molecule has 260 valence electrons. The fourth-order valence-corrected chi connectivity index (χ4v) is 9.17. The van der Waals surface area contributed by atoms with Gasteiger partial charge in [0.05, 0.1) is 40.3 Å². The Morgan fingerprint density at radius 3 is 2.61 bits per heavy atom. The highest BCUT2D eigenvalue weighted by Crippen LogP contribution is 2.51. The lowest BCUT2D eigenvalue weighted by atomic mass is 9.79. The zero-order valence-electron chi connectivity index (χ0n) is 27.9. The number of carbonyl (C=O) groups is 1. The summed E-state index contributed by atoms with van der Waals surface area (Å²) in [6.07, 6.45) is 3.58. The number of fused-ring (bicyclic) bond motifs is 4. The summed E-state index contributed by atoms with van der Waals surface area (Å²) in [5.41, 5.74) is 4.21. The van der Waals surface area contributed by atoms with Crippen LogP contribution in [-0.2, 0) is 11.2 Å². The van der Waals surface area contributed by atoms with Crippen molar-refractivity contribution in [3.8, 4) is 22.9 Å². The highest BCUT2D eigenvalue weighted by molar-refractivity contribution is 6.43. The van der Waals surface area contributed by atoms with Crippen molar-refractivity contribution in [1.82, 2.24) is 19.8 Å². The lowest BCUT2D eigenvalue weighted by Crippen LogP contribution is -2.41. The lowest BCUT2D eigenvalue weighted by molar-refractivity contribution is -0.133. The molecule has 5 heterocycles. The SMILES string of the molecule is Cc1nc2c(F)c(-c3cccc(Cl)c3Cl)c(CCC#N)cc2c2c1cc([C@H]1C[C@H](Oc3ccc(F)cc3)CN1C(=O)C1CC1)n2[C@H]1[C@H]2CN[C@@H]1C2. The van der Waals surface area contributed by atoms with Gasteiger partial charge in [-0.25, -0.2) is 13.8 Å². The van der Waals surface area contributed by atoms with Crippen molar-refractivity contribution in [2.24, 2.45) is 11.8 Å². The molecule has 5 atom stereocenters. The summed E-state index contributed by atoms with van der Waals surface area (Å²) in [6, 6.07) is 17.6. The second kappa shape index (κ2) is 12.5. The molecule has 1 N–H and O–H groups in total. The van der Waals surface area contributed by atoms with Crippen LogP contribution in [0, 0.1) is 41.7 Å². The number of rotatable bonds is 8. The van der Waals surface area contributed by atoms with Crippen LogP contribution >= 0.6 is 23.2 Å². The summed E-state index contributed by atoms with van der Waals surface area (Å²) in [6.45, 7) is 3.21. The quantitative estimate of drug-likeness (QED) is 0.173. The molecule has 0 spiro atoms. The molecule has 0 radical (unpaired) electrons. The Morgan fingerprint density at radius 1 is 1.10 bits per heavy atom. The summed E-state index contributed by atoms with van der Waals surface area (Å²) in [5, 5.41) is 15.4. The Bertz CT molecular complexity index is 2270. The van der Waals surface area contributed by atoms with E-state index in [1.807, 2.05) is 17.9 Å². The van der Waals surface area contributed by atoms with Gasteiger partial charge >= 0.3 is 0 Å². The van der Waals surface area contributed by atoms with E-state index in [9.17, 15) is 14.4 Å². The van der Waals surface area contributed by atoms with Gasteiger partial charge < -0.3 is 19.5 Å². The summed E-state index contributed by atoms with van der Waals surface area (Å²) in [4.78, 5) is 20.8. The number of hydrogen-bond donors (Lipinski definition) is 1. The first-order chi connectivity index (χ1) is 24.7. The normalized spacial score (nSPS) is 23.9. The number of hydrogen-bond acceptors (Lipinski definition) is 5. The maximum atomic E-state index is 17.1. The summed E-state index contributed by atoms with van der Waals surface area (Å²) in [5.74, 6) is 0.248. The van der Waals surface area contributed by atoms with Gasteiger partial charge in [-0.1, -0.05) is 35.3 Å². The van der Waals surface area contributed by atoms with E-state index < -0.39 is 5.82 Å². The van der Waals surface area contributed by atoms with Gasteiger partial charge in [-0.3, -0.25) is 4.79 Å². The molecular weight excluding hydrogens is 691 g/mol. The van der Waals surface area contributed by atoms with Crippen LogP contribution in [0.4, 0.5) is 8.78 Å². The molecule has 5 aliphatic rings. The fourth-order valence-electron chi connectivity index (χ4n) is 8.78. The summed E-state index contributed by atoms with van der Waals surface area (Å²) < 4.78 is 39.6. The van der Waals surface area contributed by atoms with E-state index in [0.29, 0.717) is 63.8 Å². The van der Waals surface area contributed by atoms with Crippen molar-refractivity contribution in [2.75, 3.05) is 13.1 Å². The van der Waals surface area contributed by atoms with Crippen molar-refractivity contribution in [2.45, 2.75) is 69.7 Å². The number of amides is 1. The summed E-state index contributed by atoms with van der Waals surface area (Å²) in [7, 11) is 0. The number of aryl methyl sites for hydroxylation is 2. The minimum atomic E-state index is -0.502. The monoisotopic (exact) mass is 725 g/mol. The van der Waals surface area contributed by atoms with Crippen molar-refractivity contribution < 1.29 is 18.3 Å². The van der Waals surface area contributed by atoms with Gasteiger partial charge in [-0.05, 0) is 86.6 Å². The molecule has 2 aliphatic carbocycles. The average molecular weight is 727 g/mol. The van der Waals surface area contributed by atoms with E-state index in [0.717, 1.165) is 42.4 Å². The topological polar surface area (TPSA) is 83.2 Å². The molecule has 3 aliphatic heterocycles. The number of pyridine rings is 1. The van der Waals surface area contributed by atoms with Crippen LogP contribution in [0.15, 0.2) is 54.6 Å². The largest absolute Gasteiger partial charge is 0.488 e. The average Bonchev–Trinajstić information content (AvgIpc) is 3.40. The second-order valence-corrected chi connectivity index (χ2v) is 15.3. The maximum absolute atomic E-state index is 17.1. The van der Waals surface area contributed by atoms with Gasteiger partial charge in [0.2, 0.25) is 5.91 Å². The highest BCUT2D eigenvalue weighted by Gasteiger charge is 2.51. The third-order valence-corrected chi connectivity index (χ3v) is 12.2. The van der Waals surface area contributed by atoms with Crippen LogP contribution in [-0.4, -0.2) is 45.6 Å². The third kappa shape index (κ3) is 5.37. The molecule has 2 aromatic heterocycles. The Kier molecular flexibility index (Phi) is 7.99. The predicted octanol–water partition coefficient (Wildman–Crippen LogP) is 8.87. The van der Waals surface area contributed by atoms with Gasteiger partial charge in [0.25, 0.3) is 0 Å². The lowest BCUT2D eigenvalue weighted by Gasteiger charge is -2.39.